The van der Waals surface area contributed by atoms with Crippen LogP contribution < -0.4 is 9.64 Å². The number of hydrogen-bond donors (Lipinski definition) is 0. The van der Waals surface area contributed by atoms with E-state index in [0.29, 0.717) is 16.9 Å². The van der Waals surface area contributed by atoms with Gasteiger partial charge in [0.15, 0.2) is 6.10 Å². The van der Waals surface area contributed by atoms with Gasteiger partial charge in [-0.15, -0.1) is 0 Å². The Labute approximate surface area is 182 Å². The number of likely N-dealkylation sites (N-methyl/N-ethyl adjacent to an activating group) is 1. The number of carbonyl (C=O) groups excluding carboxylic acids is 2. The minimum absolute atomic E-state index is 0.316. The number of anilines is 1. The first-order valence-corrected chi connectivity index (χ1v) is 9.95. The van der Waals surface area contributed by atoms with Crippen LogP contribution in [0.2, 0.25) is 0 Å². The molecular weight excluding hydrogens is 390 g/mol. The van der Waals surface area contributed by atoms with Gasteiger partial charge in [0.2, 0.25) is 0 Å². The molecule has 0 aliphatic carbocycles. The molecule has 1 atom stereocenters. The maximum absolute atomic E-state index is 13.1. The summed E-state index contributed by atoms with van der Waals surface area (Å²) in [5, 5.41) is 0. The molecule has 0 bridgehead atoms. The molecule has 0 unspecified atom stereocenters. The molecule has 0 saturated carbocycles. The van der Waals surface area contributed by atoms with Crippen molar-refractivity contribution in [3.8, 4) is 5.75 Å². The minimum atomic E-state index is -0.956. The van der Waals surface area contributed by atoms with Crippen molar-refractivity contribution in [2.75, 3.05) is 19.1 Å². The Balaban J connectivity index is 1.87. The second kappa shape index (κ2) is 10.3. The van der Waals surface area contributed by atoms with Crippen molar-refractivity contribution in [2.24, 2.45) is 0 Å². The van der Waals surface area contributed by atoms with Gasteiger partial charge < -0.3 is 14.4 Å². The van der Waals surface area contributed by atoms with E-state index in [1.807, 2.05) is 84.9 Å². The molecule has 0 saturated heterocycles. The largest absolute Gasteiger partial charge is 0.496 e. The first kappa shape index (κ1) is 21.8. The Hall–Kier alpha value is -3.86. The lowest BCUT2D eigenvalue weighted by Crippen LogP contribution is -2.37. The number of carbonyl (C=O) groups is 2. The van der Waals surface area contributed by atoms with Crippen molar-refractivity contribution in [2.45, 2.75) is 13.0 Å². The molecule has 0 aliphatic heterocycles. The van der Waals surface area contributed by atoms with Crippen LogP contribution in [0.25, 0.3) is 11.6 Å². The van der Waals surface area contributed by atoms with E-state index < -0.39 is 12.1 Å². The summed E-state index contributed by atoms with van der Waals surface area (Å²) in [6.45, 7) is 1.57. The Morgan fingerprint density at radius 1 is 0.871 bits per heavy atom. The van der Waals surface area contributed by atoms with Gasteiger partial charge >= 0.3 is 5.97 Å². The molecule has 3 aromatic rings. The molecule has 31 heavy (non-hydrogen) atoms. The lowest BCUT2D eigenvalue weighted by atomic mass is 10.0. The van der Waals surface area contributed by atoms with Crippen molar-refractivity contribution < 1.29 is 19.1 Å². The van der Waals surface area contributed by atoms with Gasteiger partial charge in [-0.3, -0.25) is 4.79 Å². The summed E-state index contributed by atoms with van der Waals surface area (Å²) >= 11 is 0. The fraction of sp³-hybridized carbons (Fsp3) is 0.154. The van der Waals surface area contributed by atoms with E-state index in [4.69, 9.17) is 9.47 Å². The smallest absolute Gasteiger partial charge is 0.339 e. The maximum Gasteiger partial charge on any atom is 0.339 e. The first-order valence-electron chi connectivity index (χ1n) is 9.95. The second-order valence-corrected chi connectivity index (χ2v) is 6.95. The number of benzene rings is 3. The Morgan fingerprint density at radius 2 is 1.45 bits per heavy atom. The zero-order chi connectivity index (χ0) is 22.2. The molecule has 5 nitrogen and oxygen atoms in total. The molecule has 0 spiro atoms. The summed E-state index contributed by atoms with van der Waals surface area (Å²) in [6.07, 6.45) is 0.761. The molecule has 3 aromatic carbocycles. The molecular formula is C26H25NO4. The van der Waals surface area contributed by atoms with Gasteiger partial charge in [-0.1, -0.05) is 66.7 Å². The van der Waals surface area contributed by atoms with E-state index in [-0.39, 0.29) is 5.91 Å². The van der Waals surface area contributed by atoms with Crippen LogP contribution in [0.15, 0.2) is 84.9 Å². The third-order valence-electron chi connectivity index (χ3n) is 4.85. The van der Waals surface area contributed by atoms with E-state index in [2.05, 4.69) is 0 Å². The maximum atomic E-state index is 13.1. The fourth-order valence-electron chi connectivity index (χ4n) is 3.14. The van der Waals surface area contributed by atoms with E-state index in [0.717, 1.165) is 11.3 Å². The fourth-order valence-corrected chi connectivity index (χ4v) is 3.14. The van der Waals surface area contributed by atoms with Gasteiger partial charge in [0.05, 0.1) is 12.7 Å². The summed E-state index contributed by atoms with van der Waals surface area (Å²) < 4.78 is 11.0. The number of amides is 1. The van der Waals surface area contributed by atoms with Gasteiger partial charge in [0.1, 0.15) is 5.75 Å². The van der Waals surface area contributed by atoms with Crippen LogP contribution in [0.3, 0.4) is 0 Å². The molecule has 0 fully saturated rings. The topological polar surface area (TPSA) is 55.8 Å². The monoisotopic (exact) mass is 415 g/mol. The summed E-state index contributed by atoms with van der Waals surface area (Å²) in [5.74, 6) is -0.264. The predicted octanol–water partition coefficient (Wildman–Crippen LogP) is 4.83. The number of methoxy groups -OCH3 is 1. The van der Waals surface area contributed by atoms with Crippen LogP contribution in [0.5, 0.6) is 5.75 Å². The lowest BCUT2D eigenvalue weighted by Gasteiger charge is -2.22. The highest BCUT2D eigenvalue weighted by atomic mass is 16.5. The molecule has 1 amide bonds. The first-order chi connectivity index (χ1) is 15.0. The van der Waals surface area contributed by atoms with E-state index in [9.17, 15) is 9.59 Å². The third-order valence-corrected chi connectivity index (χ3v) is 4.85. The predicted molar refractivity (Wildman–Crippen MR) is 123 cm³/mol. The second-order valence-electron chi connectivity index (χ2n) is 6.95. The van der Waals surface area contributed by atoms with Crippen LogP contribution in [-0.2, 0) is 14.3 Å². The molecule has 158 valence electrons. The van der Waals surface area contributed by atoms with Crippen molar-refractivity contribution in [1.82, 2.24) is 0 Å². The SMILES string of the molecule is COc1ccccc1/C=C(/C(=O)O[C@@H](C)C(=O)N(C)c1ccccc1)c1ccccc1. The summed E-state index contributed by atoms with van der Waals surface area (Å²) in [5.41, 5.74) is 2.49. The molecule has 0 N–H and O–H groups in total. The number of ether oxygens (including phenoxy) is 2. The quantitative estimate of drug-likeness (QED) is 0.315. The number of rotatable bonds is 7. The zero-order valence-electron chi connectivity index (χ0n) is 17.8. The molecule has 0 heterocycles. The van der Waals surface area contributed by atoms with Gasteiger partial charge in [-0.2, -0.15) is 0 Å². The molecule has 0 aromatic heterocycles. The average Bonchev–Trinajstić information content (AvgIpc) is 2.82. The number of nitrogens with zero attached hydrogens (tertiary/aromatic N) is 1. The summed E-state index contributed by atoms with van der Waals surface area (Å²) in [4.78, 5) is 27.4. The van der Waals surface area contributed by atoms with Crippen LogP contribution >= 0.6 is 0 Å². The van der Waals surface area contributed by atoms with Crippen molar-refractivity contribution >= 4 is 29.2 Å². The van der Waals surface area contributed by atoms with E-state index in [1.165, 1.54) is 4.90 Å². The Bertz CT molecular complexity index is 1060. The average molecular weight is 415 g/mol. The minimum Gasteiger partial charge on any atom is -0.496 e. The Kier molecular flexibility index (Phi) is 7.22. The number of esters is 1. The van der Waals surface area contributed by atoms with Crippen LogP contribution in [-0.4, -0.2) is 32.1 Å². The third kappa shape index (κ3) is 5.39. The number of hydrogen-bond acceptors (Lipinski definition) is 4. The Morgan fingerprint density at radius 3 is 2.10 bits per heavy atom. The highest BCUT2D eigenvalue weighted by molar-refractivity contribution is 6.22. The van der Waals surface area contributed by atoms with Gasteiger partial charge in [0.25, 0.3) is 5.91 Å². The summed E-state index contributed by atoms with van der Waals surface area (Å²) in [7, 11) is 3.23. The van der Waals surface area contributed by atoms with Crippen molar-refractivity contribution in [3.05, 3.63) is 96.1 Å². The molecule has 0 aliphatic rings. The van der Waals surface area contributed by atoms with Crippen LogP contribution in [0, 0.1) is 0 Å². The van der Waals surface area contributed by atoms with Crippen molar-refractivity contribution in [1.29, 1.82) is 0 Å². The van der Waals surface area contributed by atoms with Gasteiger partial charge in [-0.25, -0.2) is 4.79 Å². The highest BCUT2D eigenvalue weighted by Gasteiger charge is 2.25. The zero-order valence-corrected chi connectivity index (χ0v) is 17.8. The van der Waals surface area contributed by atoms with Crippen molar-refractivity contribution in [3.63, 3.8) is 0 Å². The van der Waals surface area contributed by atoms with Gasteiger partial charge in [-0.05, 0) is 36.8 Å². The number of para-hydroxylation sites is 2. The lowest BCUT2D eigenvalue weighted by molar-refractivity contribution is -0.148. The summed E-state index contributed by atoms with van der Waals surface area (Å²) in [6, 6.07) is 25.8. The standard InChI is InChI=1S/C26H25NO4/c1-19(25(28)27(2)22-15-8-5-9-16-22)31-26(29)23(20-12-6-4-7-13-20)18-21-14-10-11-17-24(21)30-3/h4-19H,1-3H3/b23-18+/t19-/m0/s1. The normalized spacial score (nSPS) is 12.0. The van der Waals surface area contributed by atoms with E-state index in [1.54, 1.807) is 27.2 Å². The molecule has 5 heteroatoms. The van der Waals surface area contributed by atoms with Crippen LogP contribution in [0.4, 0.5) is 5.69 Å². The molecule has 3 rings (SSSR count). The molecule has 0 radical (unpaired) electrons. The van der Waals surface area contributed by atoms with Crippen LogP contribution in [0.1, 0.15) is 18.1 Å². The van der Waals surface area contributed by atoms with E-state index >= 15 is 0 Å². The highest BCUT2D eigenvalue weighted by Crippen LogP contribution is 2.26. The van der Waals surface area contributed by atoms with Gasteiger partial charge in [0, 0.05) is 18.3 Å².